The standard InChI is InChI=1S/C16H17N5O2/c1-10-18-12-3-2-11(8-14(12)19-10)16(22)21-6-7-23-9-15(21)13-4-5-17-20-13/h2-5,8,15H,6-7,9H2,1H3,(H,17,20)(H,18,19). The second-order valence-corrected chi connectivity index (χ2v) is 5.66. The van der Waals surface area contributed by atoms with Gasteiger partial charge in [0.05, 0.1) is 36.0 Å². The molecule has 4 rings (SSSR count). The fraction of sp³-hybridized carbons (Fsp3) is 0.312. The minimum atomic E-state index is -0.141. The van der Waals surface area contributed by atoms with Crippen LogP contribution in [0.15, 0.2) is 30.5 Å². The number of hydrogen-bond acceptors (Lipinski definition) is 4. The fourth-order valence-electron chi connectivity index (χ4n) is 2.99. The molecule has 23 heavy (non-hydrogen) atoms. The summed E-state index contributed by atoms with van der Waals surface area (Å²) in [6, 6.07) is 7.29. The smallest absolute Gasteiger partial charge is 0.254 e. The Bertz CT molecular complexity index is 839. The Balaban J connectivity index is 1.67. The summed E-state index contributed by atoms with van der Waals surface area (Å²) in [6.45, 7) is 3.47. The summed E-state index contributed by atoms with van der Waals surface area (Å²) >= 11 is 0. The highest BCUT2D eigenvalue weighted by molar-refractivity contribution is 5.97. The number of carbonyl (C=O) groups is 1. The minimum absolute atomic E-state index is 0.0120. The van der Waals surface area contributed by atoms with Crippen LogP contribution in [-0.2, 0) is 4.74 Å². The van der Waals surface area contributed by atoms with Crippen LogP contribution >= 0.6 is 0 Å². The maximum Gasteiger partial charge on any atom is 0.254 e. The van der Waals surface area contributed by atoms with Crippen molar-refractivity contribution >= 4 is 16.9 Å². The molecule has 1 aliphatic heterocycles. The van der Waals surface area contributed by atoms with Crippen molar-refractivity contribution in [2.75, 3.05) is 19.8 Å². The number of nitrogens with one attached hydrogen (secondary N) is 2. The number of rotatable bonds is 2. The lowest BCUT2D eigenvalue weighted by Crippen LogP contribution is -2.43. The number of aromatic amines is 2. The van der Waals surface area contributed by atoms with E-state index in [1.54, 1.807) is 6.20 Å². The second-order valence-electron chi connectivity index (χ2n) is 5.66. The predicted octanol–water partition coefficient (Wildman–Crippen LogP) is 1.81. The number of carbonyl (C=O) groups excluding carboxylic acids is 1. The molecule has 118 valence electrons. The van der Waals surface area contributed by atoms with Crippen LogP contribution in [0.2, 0.25) is 0 Å². The number of ether oxygens (including phenoxy) is 1. The zero-order valence-corrected chi connectivity index (χ0v) is 12.7. The van der Waals surface area contributed by atoms with Crippen molar-refractivity contribution in [1.82, 2.24) is 25.1 Å². The van der Waals surface area contributed by atoms with Crippen LogP contribution in [0.25, 0.3) is 11.0 Å². The van der Waals surface area contributed by atoms with Crippen molar-refractivity contribution < 1.29 is 9.53 Å². The Kier molecular flexibility index (Phi) is 3.34. The first-order valence-electron chi connectivity index (χ1n) is 7.57. The molecule has 7 nitrogen and oxygen atoms in total. The molecule has 1 aromatic carbocycles. The van der Waals surface area contributed by atoms with Crippen LogP contribution in [0.1, 0.15) is 27.9 Å². The molecule has 1 saturated heterocycles. The van der Waals surface area contributed by atoms with Gasteiger partial charge in [0, 0.05) is 18.3 Å². The number of amides is 1. The summed E-state index contributed by atoms with van der Waals surface area (Å²) < 4.78 is 5.54. The van der Waals surface area contributed by atoms with Crippen LogP contribution in [-0.4, -0.2) is 50.7 Å². The van der Waals surface area contributed by atoms with Gasteiger partial charge < -0.3 is 14.6 Å². The zero-order valence-electron chi connectivity index (χ0n) is 12.7. The van der Waals surface area contributed by atoms with Gasteiger partial charge in [0.15, 0.2) is 0 Å². The van der Waals surface area contributed by atoms with Gasteiger partial charge in [-0.3, -0.25) is 9.89 Å². The Morgan fingerprint density at radius 3 is 3.13 bits per heavy atom. The van der Waals surface area contributed by atoms with Crippen molar-refractivity contribution in [3.05, 3.63) is 47.5 Å². The molecule has 0 aliphatic carbocycles. The normalized spacial score (nSPS) is 18.5. The van der Waals surface area contributed by atoms with Crippen LogP contribution < -0.4 is 0 Å². The highest BCUT2D eigenvalue weighted by Gasteiger charge is 2.30. The number of nitrogens with zero attached hydrogens (tertiary/aromatic N) is 3. The van der Waals surface area contributed by atoms with Gasteiger partial charge in [0.25, 0.3) is 5.91 Å². The number of H-pyrrole nitrogens is 2. The maximum absolute atomic E-state index is 13.0. The number of hydrogen-bond donors (Lipinski definition) is 2. The predicted molar refractivity (Wildman–Crippen MR) is 84.0 cm³/mol. The lowest BCUT2D eigenvalue weighted by molar-refractivity contribution is -0.00390. The van der Waals surface area contributed by atoms with Gasteiger partial charge in [-0.15, -0.1) is 0 Å². The molecule has 3 heterocycles. The number of benzene rings is 1. The van der Waals surface area contributed by atoms with Crippen molar-refractivity contribution in [3.8, 4) is 0 Å². The van der Waals surface area contributed by atoms with Gasteiger partial charge >= 0.3 is 0 Å². The second kappa shape index (κ2) is 5.51. The quantitative estimate of drug-likeness (QED) is 0.755. The molecule has 0 bridgehead atoms. The van der Waals surface area contributed by atoms with Crippen LogP contribution in [0.4, 0.5) is 0 Å². The topological polar surface area (TPSA) is 86.9 Å². The third-order valence-electron chi connectivity index (χ3n) is 4.12. The maximum atomic E-state index is 13.0. The molecule has 1 aliphatic rings. The Hall–Kier alpha value is -2.67. The molecule has 1 fully saturated rings. The van der Waals surface area contributed by atoms with Crippen molar-refractivity contribution in [3.63, 3.8) is 0 Å². The molecule has 0 radical (unpaired) electrons. The molecule has 2 aromatic heterocycles. The van der Waals surface area contributed by atoms with Gasteiger partial charge in [0.2, 0.25) is 0 Å². The average Bonchev–Trinajstić information content (AvgIpc) is 3.21. The zero-order chi connectivity index (χ0) is 15.8. The van der Waals surface area contributed by atoms with Gasteiger partial charge in [-0.25, -0.2) is 4.98 Å². The molecular weight excluding hydrogens is 294 g/mol. The monoisotopic (exact) mass is 311 g/mol. The van der Waals surface area contributed by atoms with E-state index in [4.69, 9.17) is 4.74 Å². The first-order chi connectivity index (χ1) is 11.2. The van der Waals surface area contributed by atoms with E-state index in [2.05, 4.69) is 20.2 Å². The largest absolute Gasteiger partial charge is 0.377 e. The number of fused-ring (bicyclic) bond motifs is 1. The van der Waals surface area contributed by atoms with E-state index in [-0.39, 0.29) is 11.9 Å². The lowest BCUT2D eigenvalue weighted by Gasteiger charge is -2.35. The van der Waals surface area contributed by atoms with Crippen LogP contribution in [0.5, 0.6) is 0 Å². The number of imidazole rings is 1. The van der Waals surface area contributed by atoms with E-state index in [9.17, 15) is 4.79 Å². The summed E-state index contributed by atoms with van der Waals surface area (Å²) in [6.07, 6.45) is 1.69. The van der Waals surface area contributed by atoms with E-state index in [0.29, 0.717) is 25.3 Å². The molecule has 0 saturated carbocycles. The van der Waals surface area contributed by atoms with Gasteiger partial charge in [-0.2, -0.15) is 5.10 Å². The summed E-state index contributed by atoms with van der Waals surface area (Å²) in [4.78, 5) is 22.3. The number of aryl methyl sites for hydroxylation is 1. The van der Waals surface area contributed by atoms with Crippen molar-refractivity contribution in [2.45, 2.75) is 13.0 Å². The van der Waals surface area contributed by atoms with E-state index >= 15 is 0 Å². The molecular formula is C16H17N5O2. The molecule has 1 amide bonds. The minimum Gasteiger partial charge on any atom is -0.377 e. The molecule has 0 spiro atoms. The van der Waals surface area contributed by atoms with E-state index < -0.39 is 0 Å². The summed E-state index contributed by atoms with van der Waals surface area (Å²) in [5.41, 5.74) is 3.27. The first-order valence-corrected chi connectivity index (χ1v) is 7.57. The molecule has 1 unspecified atom stereocenters. The summed E-state index contributed by atoms with van der Waals surface area (Å²) in [5.74, 6) is 0.827. The van der Waals surface area contributed by atoms with Crippen molar-refractivity contribution in [2.24, 2.45) is 0 Å². The van der Waals surface area contributed by atoms with Crippen molar-refractivity contribution in [1.29, 1.82) is 0 Å². The first kappa shape index (κ1) is 14.0. The van der Waals surface area contributed by atoms with E-state index in [1.807, 2.05) is 36.1 Å². The third-order valence-corrected chi connectivity index (χ3v) is 4.12. The molecule has 1 atom stereocenters. The van der Waals surface area contributed by atoms with Crippen LogP contribution in [0.3, 0.4) is 0 Å². The van der Waals surface area contributed by atoms with Gasteiger partial charge in [-0.05, 0) is 31.2 Å². The molecule has 2 N–H and O–H groups in total. The number of aromatic nitrogens is 4. The van der Waals surface area contributed by atoms with E-state index in [1.165, 1.54) is 0 Å². The Morgan fingerprint density at radius 1 is 1.39 bits per heavy atom. The summed E-state index contributed by atoms with van der Waals surface area (Å²) in [5, 5.41) is 6.91. The highest BCUT2D eigenvalue weighted by atomic mass is 16.5. The van der Waals surface area contributed by atoms with Gasteiger partial charge in [-0.1, -0.05) is 0 Å². The molecule has 7 heteroatoms. The van der Waals surface area contributed by atoms with Gasteiger partial charge in [0.1, 0.15) is 5.82 Å². The fourth-order valence-corrected chi connectivity index (χ4v) is 2.99. The highest BCUT2D eigenvalue weighted by Crippen LogP contribution is 2.25. The van der Waals surface area contributed by atoms with E-state index in [0.717, 1.165) is 22.6 Å². The Morgan fingerprint density at radius 2 is 2.30 bits per heavy atom. The Labute approximate surface area is 132 Å². The lowest BCUT2D eigenvalue weighted by atomic mass is 10.1. The number of morpholine rings is 1. The molecule has 3 aromatic rings. The van der Waals surface area contributed by atoms with Crippen LogP contribution in [0, 0.1) is 6.92 Å². The third kappa shape index (κ3) is 2.49. The SMILES string of the molecule is Cc1nc2ccc(C(=O)N3CCOCC3c3ccn[nH]3)cc2[nH]1. The summed E-state index contributed by atoms with van der Waals surface area (Å²) in [7, 11) is 0. The average molecular weight is 311 g/mol.